The van der Waals surface area contributed by atoms with Crippen LogP contribution in [0, 0.1) is 0 Å². The Bertz CT molecular complexity index is 715. The topological polar surface area (TPSA) is 31.4 Å². The van der Waals surface area contributed by atoms with Crippen LogP contribution in [0.3, 0.4) is 0 Å². The molecule has 0 aliphatic heterocycles. The third kappa shape index (κ3) is 4.13. The second-order valence-corrected chi connectivity index (χ2v) is 5.75. The largest absolute Gasteiger partial charge is 0.497 e. The van der Waals surface area contributed by atoms with E-state index in [9.17, 15) is 0 Å². The summed E-state index contributed by atoms with van der Waals surface area (Å²) in [4.78, 5) is 4.40. The number of rotatable bonds is 6. The maximum Gasteiger partial charge on any atom is 0.118 e. The Labute approximate surface area is 142 Å². The highest BCUT2D eigenvalue weighted by atomic mass is 16.5. The Balaban J connectivity index is 1.70. The van der Waals surface area contributed by atoms with E-state index in [2.05, 4.69) is 35.3 Å². The fourth-order valence-electron chi connectivity index (χ4n) is 2.69. The van der Waals surface area contributed by atoms with E-state index in [1.54, 1.807) is 14.2 Å². The van der Waals surface area contributed by atoms with Gasteiger partial charge in [0.1, 0.15) is 11.5 Å². The van der Waals surface area contributed by atoms with E-state index in [1.165, 1.54) is 22.3 Å². The molecule has 0 aliphatic carbocycles. The summed E-state index contributed by atoms with van der Waals surface area (Å²) in [5, 5.41) is 0. The molecule has 24 heavy (non-hydrogen) atoms. The van der Waals surface area contributed by atoms with Crippen LogP contribution in [-0.4, -0.2) is 19.2 Å². The highest BCUT2D eigenvalue weighted by Crippen LogP contribution is 2.18. The summed E-state index contributed by atoms with van der Waals surface area (Å²) < 4.78 is 10.4. The van der Waals surface area contributed by atoms with Gasteiger partial charge in [-0.1, -0.05) is 30.3 Å². The van der Waals surface area contributed by atoms with Crippen molar-refractivity contribution in [1.29, 1.82) is 0 Å². The van der Waals surface area contributed by atoms with Gasteiger partial charge in [0.2, 0.25) is 0 Å². The zero-order chi connectivity index (χ0) is 16.8. The molecular formula is C21H21NO2. The third-order valence-corrected chi connectivity index (χ3v) is 3.99. The first-order valence-corrected chi connectivity index (χ1v) is 7.95. The molecule has 1 aromatic heterocycles. The summed E-state index contributed by atoms with van der Waals surface area (Å²) in [6.45, 7) is 0. The normalized spacial score (nSPS) is 10.4. The first kappa shape index (κ1) is 16.1. The van der Waals surface area contributed by atoms with Gasteiger partial charge in [-0.05, 0) is 59.4 Å². The standard InChI is InChI=1S/C21H21NO2/c1-23-20-7-3-16(4-8-20)11-18-13-19(15-22-14-18)12-17-5-9-21(24-2)10-6-17/h3-10,13-15H,11-12H2,1-2H3. The molecule has 3 rings (SSSR count). The molecule has 3 aromatic rings. The van der Waals surface area contributed by atoms with Crippen LogP contribution in [0.2, 0.25) is 0 Å². The number of hydrogen-bond acceptors (Lipinski definition) is 3. The predicted octanol–water partition coefficient (Wildman–Crippen LogP) is 4.28. The minimum Gasteiger partial charge on any atom is -0.497 e. The number of benzene rings is 2. The van der Waals surface area contributed by atoms with Crippen molar-refractivity contribution >= 4 is 0 Å². The number of hydrogen-bond donors (Lipinski definition) is 0. The molecule has 0 atom stereocenters. The van der Waals surface area contributed by atoms with E-state index in [-0.39, 0.29) is 0 Å². The van der Waals surface area contributed by atoms with Gasteiger partial charge in [0.15, 0.2) is 0 Å². The van der Waals surface area contributed by atoms with Crippen LogP contribution in [0.5, 0.6) is 11.5 Å². The molecule has 0 saturated carbocycles. The Hall–Kier alpha value is -2.81. The fourth-order valence-corrected chi connectivity index (χ4v) is 2.69. The molecular weight excluding hydrogens is 298 g/mol. The first-order valence-electron chi connectivity index (χ1n) is 7.95. The Kier molecular flexibility index (Phi) is 5.12. The third-order valence-electron chi connectivity index (χ3n) is 3.99. The number of aromatic nitrogens is 1. The average molecular weight is 319 g/mol. The van der Waals surface area contributed by atoms with Gasteiger partial charge < -0.3 is 9.47 Å². The lowest BCUT2D eigenvalue weighted by Gasteiger charge is -2.07. The summed E-state index contributed by atoms with van der Waals surface area (Å²) in [6, 6.07) is 18.6. The summed E-state index contributed by atoms with van der Waals surface area (Å²) in [5.41, 5.74) is 4.93. The summed E-state index contributed by atoms with van der Waals surface area (Å²) in [5.74, 6) is 1.76. The van der Waals surface area contributed by atoms with E-state index < -0.39 is 0 Å². The van der Waals surface area contributed by atoms with Gasteiger partial charge in [-0.3, -0.25) is 4.98 Å². The van der Waals surface area contributed by atoms with Crippen molar-refractivity contribution in [2.75, 3.05) is 14.2 Å². The van der Waals surface area contributed by atoms with Gasteiger partial charge in [-0.15, -0.1) is 0 Å². The van der Waals surface area contributed by atoms with Crippen LogP contribution in [0.25, 0.3) is 0 Å². The summed E-state index contributed by atoms with van der Waals surface area (Å²) >= 11 is 0. The molecule has 3 heteroatoms. The highest BCUT2D eigenvalue weighted by molar-refractivity contribution is 5.34. The van der Waals surface area contributed by atoms with Gasteiger partial charge in [0.05, 0.1) is 14.2 Å². The lowest BCUT2D eigenvalue weighted by molar-refractivity contribution is 0.414. The maximum atomic E-state index is 5.20. The zero-order valence-electron chi connectivity index (χ0n) is 14.0. The quantitative estimate of drug-likeness (QED) is 0.679. The molecule has 0 fully saturated rings. The molecule has 0 amide bonds. The minimum absolute atomic E-state index is 0.868. The molecule has 0 unspecified atom stereocenters. The number of methoxy groups -OCH3 is 2. The molecule has 0 N–H and O–H groups in total. The number of pyridine rings is 1. The maximum absolute atomic E-state index is 5.20. The molecule has 0 radical (unpaired) electrons. The van der Waals surface area contributed by atoms with Crippen molar-refractivity contribution in [1.82, 2.24) is 4.98 Å². The van der Waals surface area contributed by atoms with Gasteiger partial charge in [-0.2, -0.15) is 0 Å². The Morgan fingerprint density at radius 2 is 1.04 bits per heavy atom. The second-order valence-electron chi connectivity index (χ2n) is 5.75. The van der Waals surface area contributed by atoms with Crippen molar-refractivity contribution in [3.63, 3.8) is 0 Å². The highest BCUT2D eigenvalue weighted by Gasteiger charge is 2.02. The van der Waals surface area contributed by atoms with Crippen LogP contribution in [0.15, 0.2) is 67.0 Å². The molecule has 0 saturated heterocycles. The lowest BCUT2D eigenvalue weighted by atomic mass is 10.0. The van der Waals surface area contributed by atoms with Crippen LogP contribution < -0.4 is 9.47 Å². The van der Waals surface area contributed by atoms with Crippen LogP contribution in [0.4, 0.5) is 0 Å². The van der Waals surface area contributed by atoms with Crippen molar-refractivity contribution in [2.24, 2.45) is 0 Å². The molecule has 1 heterocycles. The molecule has 0 bridgehead atoms. The molecule has 0 spiro atoms. The van der Waals surface area contributed by atoms with Crippen molar-refractivity contribution < 1.29 is 9.47 Å². The van der Waals surface area contributed by atoms with Gasteiger partial charge in [0, 0.05) is 12.4 Å². The lowest BCUT2D eigenvalue weighted by Crippen LogP contribution is -1.95. The molecule has 2 aromatic carbocycles. The van der Waals surface area contributed by atoms with Crippen molar-refractivity contribution in [3.8, 4) is 11.5 Å². The molecule has 0 aliphatic rings. The van der Waals surface area contributed by atoms with E-state index in [1.807, 2.05) is 36.7 Å². The molecule has 3 nitrogen and oxygen atoms in total. The van der Waals surface area contributed by atoms with Crippen molar-refractivity contribution in [3.05, 3.63) is 89.2 Å². The smallest absolute Gasteiger partial charge is 0.118 e. The minimum atomic E-state index is 0.868. The van der Waals surface area contributed by atoms with Crippen LogP contribution >= 0.6 is 0 Å². The van der Waals surface area contributed by atoms with E-state index in [4.69, 9.17) is 9.47 Å². The summed E-state index contributed by atoms with van der Waals surface area (Å²) in [6.07, 6.45) is 5.60. The zero-order valence-corrected chi connectivity index (χ0v) is 14.0. The van der Waals surface area contributed by atoms with Gasteiger partial charge >= 0.3 is 0 Å². The monoisotopic (exact) mass is 319 g/mol. The van der Waals surface area contributed by atoms with Crippen LogP contribution in [-0.2, 0) is 12.8 Å². The SMILES string of the molecule is COc1ccc(Cc2cncc(Cc3ccc(OC)cc3)c2)cc1. The number of ether oxygens (including phenoxy) is 2. The predicted molar refractivity (Wildman–Crippen MR) is 95.8 cm³/mol. The first-order chi connectivity index (χ1) is 11.8. The van der Waals surface area contributed by atoms with Crippen molar-refractivity contribution in [2.45, 2.75) is 12.8 Å². The Morgan fingerprint density at radius 3 is 1.42 bits per heavy atom. The number of nitrogens with zero attached hydrogens (tertiary/aromatic N) is 1. The average Bonchev–Trinajstić information content (AvgIpc) is 2.63. The Morgan fingerprint density at radius 1 is 0.625 bits per heavy atom. The van der Waals surface area contributed by atoms with Crippen LogP contribution in [0.1, 0.15) is 22.3 Å². The van der Waals surface area contributed by atoms with E-state index >= 15 is 0 Å². The van der Waals surface area contributed by atoms with Gasteiger partial charge in [-0.25, -0.2) is 0 Å². The van der Waals surface area contributed by atoms with E-state index in [0.717, 1.165) is 24.3 Å². The fraction of sp³-hybridized carbons (Fsp3) is 0.190. The molecule has 122 valence electrons. The van der Waals surface area contributed by atoms with Gasteiger partial charge in [0.25, 0.3) is 0 Å². The van der Waals surface area contributed by atoms with E-state index in [0.29, 0.717) is 0 Å². The second kappa shape index (κ2) is 7.64. The summed E-state index contributed by atoms with van der Waals surface area (Å²) in [7, 11) is 3.36.